The van der Waals surface area contributed by atoms with Crippen molar-refractivity contribution in [2.24, 2.45) is 0 Å². The zero-order valence-electron chi connectivity index (χ0n) is 11.5. The van der Waals surface area contributed by atoms with E-state index in [1.165, 1.54) is 7.05 Å². The third-order valence-corrected chi connectivity index (χ3v) is 4.38. The molecule has 0 heterocycles. The molecule has 0 aliphatic heterocycles. The van der Waals surface area contributed by atoms with Crippen molar-refractivity contribution in [3.8, 4) is 0 Å². The summed E-state index contributed by atoms with van der Waals surface area (Å²) in [7, 11) is -2.09. The van der Waals surface area contributed by atoms with Gasteiger partial charge >= 0.3 is 0 Å². The Labute approximate surface area is 115 Å². The van der Waals surface area contributed by atoms with Crippen molar-refractivity contribution in [1.82, 2.24) is 4.72 Å². The average molecular weight is 286 g/mol. The Morgan fingerprint density at radius 2 is 1.95 bits per heavy atom. The van der Waals surface area contributed by atoms with Crippen molar-refractivity contribution in [1.29, 1.82) is 0 Å². The van der Waals surface area contributed by atoms with Gasteiger partial charge in [-0.25, -0.2) is 13.1 Å². The number of aliphatic hydroxyl groups excluding tert-OH is 1. The van der Waals surface area contributed by atoms with Crippen LogP contribution in [0.5, 0.6) is 0 Å². The van der Waals surface area contributed by atoms with Gasteiger partial charge in [-0.2, -0.15) is 0 Å². The molecule has 108 valence electrons. The van der Waals surface area contributed by atoms with E-state index in [-0.39, 0.29) is 11.5 Å². The quantitative estimate of drug-likeness (QED) is 0.753. The number of unbranched alkanes of at least 4 members (excludes halogenated alkanes) is 1. The predicted octanol–water partition coefficient (Wildman–Crippen LogP) is 1.19. The van der Waals surface area contributed by atoms with E-state index in [2.05, 4.69) is 11.6 Å². The third-order valence-electron chi connectivity index (χ3n) is 2.92. The van der Waals surface area contributed by atoms with Gasteiger partial charge < -0.3 is 10.0 Å². The fourth-order valence-corrected chi connectivity index (χ4v) is 2.83. The van der Waals surface area contributed by atoms with E-state index >= 15 is 0 Å². The largest absolute Gasteiger partial charge is 0.395 e. The van der Waals surface area contributed by atoms with Gasteiger partial charge in [0.15, 0.2) is 0 Å². The van der Waals surface area contributed by atoms with E-state index in [1.807, 2.05) is 4.90 Å². The molecule has 2 N–H and O–H groups in total. The highest BCUT2D eigenvalue weighted by Gasteiger charge is 2.19. The van der Waals surface area contributed by atoms with Gasteiger partial charge in [0.25, 0.3) is 0 Å². The number of benzene rings is 1. The monoisotopic (exact) mass is 286 g/mol. The maximum Gasteiger partial charge on any atom is 0.242 e. The van der Waals surface area contributed by atoms with Crippen LogP contribution >= 0.6 is 0 Å². The fraction of sp³-hybridized carbons (Fsp3) is 0.538. The highest BCUT2D eigenvalue weighted by Crippen LogP contribution is 2.24. The molecule has 0 radical (unpaired) electrons. The number of anilines is 1. The zero-order chi connectivity index (χ0) is 14.3. The van der Waals surface area contributed by atoms with Crippen LogP contribution in [0.25, 0.3) is 0 Å². The Hall–Kier alpha value is -1.11. The maximum atomic E-state index is 12.0. The molecule has 1 rings (SSSR count). The molecule has 0 fully saturated rings. The SMILES string of the molecule is CCCCN(CCO)c1ccccc1S(=O)(=O)NC. The van der Waals surface area contributed by atoms with Crippen LogP contribution in [0.15, 0.2) is 29.2 Å². The normalized spacial score (nSPS) is 11.5. The Kier molecular flexibility index (Phi) is 6.27. The summed E-state index contributed by atoms with van der Waals surface area (Å²) in [6.45, 7) is 3.23. The molecule has 0 aliphatic rings. The van der Waals surface area contributed by atoms with Gasteiger partial charge in [0.1, 0.15) is 4.90 Å². The first-order chi connectivity index (χ1) is 9.06. The summed E-state index contributed by atoms with van der Waals surface area (Å²) in [5.74, 6) is 0. The van der Waals surface area contributed by atoms with Crippen LogP contribution in [0, 0.1) is 0 Å². The van der Waals surface area contributed by atoms with E-state index in [9.17, 15) is 8.42 Å². The number of hydrogen-bond acceptors (Lipinski definition) is 4. The maximum absolute atomic E-state index is 12.0. The number of nitrogens with one attached hydrogen (secondary N) is 1. The Morgan fingerprint density at radius 1 is 1.26 bits per heavy atom. The number of sulfonamides is 1. The molecule has 0 atom stereocenters. The van der Waals surface area contributed by atoms with Gasteiger partial charge in [0, 0.05) is 13.1 Å². The van der Waals surface area contributed by atoms with Gasteiger partial charge in [0.2, 0.25) is 10.0 Å². The molecule has 19 heavy (non-hydrogen) atoms. The molecule has 0 amide bonds. The van der Waals surface area contributed by atoms with Gasteiger partial charge in [-0.15, -0.1) is 0 Å². The summed E-state index contributed by atoms with van der Waals surface area (Å²) in [6.07, 6.45) is 1.97. The fourth-order valence-electron chi connectivity index (χ4n) is 1.88. The summed E-state index contributed by atoms with van der Waals surface area (Å²) in [4.78, 5) is 2.16. The molecule has 0 spiro atoms. The minimum atomic E-state index is -3.49. The molecular weight excluding hydrogens is 264 g/mol. The lowest BCUT2D eigenvalue weighted by Gasteiger charge is -2.26. The second-order valence-electron chi connectivity index (χ2n) is 4.24. The molecule has 1 aromatic rings. The second-order valence-corrected chi connectivity index (χ2v) is 6.09. The van der Waals surface area contributed by atoms with Crippen LogP contribution in [-0.2, 0) is 10.0 Å². The predicted molar refractivity (Wildman–Crippen MR) is 76.9 cm³/mol. The molecule has 0 bridgehead atoms. The van der Waals surface area contributed by atoms with Gasteiger partial charge in [0.05, 0.1) is 12.3 Å². The summed E-state index contributed by atoms with van der Waals surface area (Å²) < 4.78 is 26.3. The third kappa shape index (κ3) is 4.19. The van der Waals surface area contributed by atoms with Crippen molar-refractivity contribution in [3.63, 3.8) is 0 Å². The van der Waals surface area contributed by atoms with Crippen LogP contribution < -0.4 is 9.62 Å². The van der Waals surface area contributed by atoms with Gasteiger partial charge in [-0.3, -0.25) is 0 Å². The standard InChI is InChI=1S/C13H22N2O3S/c1-3-4-9-15(10-11-16)12-7-5-6-8-13(12)19(17,18)14-2/h5-8,14,16H,3-4,9-11H2,1-2H3. The highest BCUT2D eigenvalue weighted by molar-refractivity contribution is 7.89. The Balaban J connectivity index is 3.15. The number of rotatable bonds is 8. The Bertz CT molecular complexity index is 488. The van der Waals surface area contributed by atoms with Gasteiger partial charge in [-0.05, 0) is 25.6 Å². The number of aliphatic hydroxyl groups is 1. The molecule has 0 aromatic heterocycles. The summed E-state index contributed by atoms with van der Waals surface area (Å²) in [6, 6.07) is 6.86. The molecule has 6 heteroatoms. The lowest BCUT2D eigenvalue weighted by Crippen LogP contribution is -2.30. The summed E-state index contributed by atoms with van der Waals surface area (Å²) >= 11 is 0. The van der Waals surface area contributed by atoms with E-state index in [0.29, 0.717) is 12.2 Å². The zero-order valence-corrected chi connectivity index (χ0v) is 12.3. The van der Waals surface area contributed by atoms with Crippen LogP contribution in [0.3, 0.4) is 0 Å². The minimum absolute atomic E-state index is 0.00233. The van der Waals surface area contributed by atoms with Crippen molar-refractivity contribution in [3.05, 3.63) is 24.3 Å². The number of hydrogen-bond donors (Lipinski definition) is 2. The van der Waals surface area contributed by atoms with Crippen LogP contribution in [0.4, 0.5) is 5.69 Å². The summed E-state index contributed by atoms with van der Waals surface area (Å²) in [5, 5.41) is 9.14. The molecule has 5 nitrogen and oxygen atoms in total. The molecule has 0 saturated heterocycles. The number of para-hydroxylation sites is 1. The van der Waals surface area contributed by atoms with Crippen LogP contribution in [-0.4, -0.2) is 40.3 Å². The summed E-state index contributed by atoms with van der Waals surface area (Å²) in [5.41, 5.74) is 0.638. The molecule has 0 saturated carbocycles. The molecule has 1 aromatic carbocycles. The average Bonchev–Trinajstić information content (AvgIpc) is 2.43. The second kappa shape index (κ2) is 7.47. The Morgan fingerprint density at radius 3 is 2.53 bits per heavy atom. The number of nitrogens with zero attached hydrogens (tertiary/aromatic N) is 1. The van der Waals surface area contributed by atoms with Crippen molar-refractivity contribution in [2.45, 2.75) is 24.7 Å². The van der Waals surface area contributed by atoms with Gasteiger partial charge in [-0.1, -0.05) is 25.5 Å². The lowest BCUT2D eigenvalue weighted by atomic mass is 10.2. The smallest absolute Gasteiger partial charge is 0.242 e. The molecule has 0 aliphatic carbocycles. The van der Waals surface area contributed by atoms with E-state index in [1.54, 1.807) is 24.3 Å². The first-order valence-corrected chi connectivity index (χ1v) is 7.93. The first-order valence-electron chi connectivity index (χ1n) is 6.45. The highest BCUT2D eigenvalue weighted by atomic mass is 32.2. The molecular formula is C13H22N2O3S. The van der Waals surface area contributed by atoms with E-state index in [4.69, 9.17) is 5.11 Å². The van der Waals surface area contributed by atoms with E-state index in [0.717, 1.165) is 19.4 Å². The first kappa shape index (κ1) is 15.9. The molecule has 0 unspecified atom stereocenters. The lowest BCUT2D eigenvalue weighted by molar-refractivity contribution is 0.301. The van der Waals surface area contributed by atoms with E-state index < -0.39 is 10.0 Å². The topological polar surface area (TPSA) is 69.6 Å². The van der Waals surface area contributed by atoms with Crippen LogP contribution in [0.1, 0.15) is 19.8 Å². The van der Waals surface area contributed by atoms with Crippen molar-refractivity contribution >= 4 is 15.7 Å². The van der Waals surface area contributed by atoms with Crippen molar-refractivity contribution < 1.29 is 13.5 Å². The van der Waals surface area contributed by atoms with Crippen LogP contribution in [0.2, 0.25) is 0 Å². The minimum Gasteiger partial charge on any atom is -0.395 e. The van der Waals surface area contributed by atoms with Crippen molar-refractivity contribution in [2.75, 3.05) is 31.6 Å².